The molecule has 114 valence electrons. The van der Waals surface area contributed by atoms with Crippen LogP contribution in [0.5, 0.6) is 0 Å². The highest BCUT2D eigenvalue weighted by Gasteiger charge is 2.38. The fourth-order valence-electron chi connectivity index (χ4n) is 2.21. The zero-order valence-corrected chi connectivity index (χ0v) is 12.5. The molecule has 1 N–H and O–H groups in total. The summed E-state index contributed by atoms with van der Waals surface area (Å²) in [5.41, 5.74) is 0. The molecule has 0 radical (unpaired) electrons. The number of nitriles is 2. The number of hydrogen-bond acceptors (Lipinski definition) is 5. The second-order valence-corrected chi connectivity index (χ2v) is 5.47. The van der Waals surface area contributed by atoms with Crippen LogP contribution in [0, 0.1) is 28.6 Å². The van der Waals surface area contributed by atoms with Crippen LogP contribution in [0.25, 0.3) is 0 Å². The molecular formula is C14H21N5O2. The second-order valence-electron chi connectivity index (χ2n) is 5.47. The van der Waals surface area contributed by atoms with E-state index in [9.17, 15) is 9.59 Å². The van der Waals surface area contributed by atoms with Crippen LogP contribution in [0.2, 0.25) is 0 Å². The third-order valence-electron chi connectivity index (χ3n) is 3.24. The summed E-state index contributed by atoms with van der Waals surface area (Å²) in [4.78, 5) is 27.1. The Labute approximate surface area is 125 Å². The summed E-state index contributed by atoms with van der Waals surface area (Å²) in [7, 11) is 0. The third kappa shape index (κ3) is 5.05. The van der Waals surface area contributed by atoms with Gasteiger partial charge in [0, 0.05) is 25.9 Å². The molecule has 1 fully saturated rings. The molecule has 21 heavy (non-hydrogen) atoms. The molecule has 1 saturated heterocycles. The molecule has 1 atom stereocenters. The van der Waals surface area contributed by atoms with Gasteiger partial charge in [-0.15, -0.1) is 0 Å². The molecule has 0 aromatic heterocycles. The number of amides is 3. The van der Waals surface area contributed by atoms with Gasteiger partial charge in [-0.3, -0.25) is 9.69 Å². The molecule has 1 unspecified atom stereocenters. The van der Waals surface area contributed by atoms with Gasteiger partial charge in [0.15, 0.2) is 0 Å². The first-order valence-electron chi connectivity index (χ1n) is 7.07. The van der Waals surface area contributed by atoms with Gasteiger partial charge in [0.05, 0.1) is 18.8 Å². The molecule has 3 amide bonds. The molecule has 7 heteroatoms. The Morgan fingerprint density at radius 2 is 1.81 bits per heavy atom. The standard InChI is InChI=1S/C14H21N5O2/c1-11(2)9-12-13(20)19(14(21)17-12)10-18(7-3-5-15)8-4-6-16/h11-12H,3-4,7-10H2,1-2H3,(H,17,21). The normalized spacial score (nSPS) is 18.0. The lowest BCUT2D eigenvalue weighted by atomic mass is 10.0. The van der Waals surface area contributed by atoms with Crippen LogP contribution in [0.15, 0.2) is 0 Å². The van der Waals surface area contributed by atoms with Crippen molar-refractivity contribution in [1.82, 2.24) is 15.1 Å². The van der Waals surface area contributed by atoms with Gasteiger partial charge >= 0.3 is 6.03 Å². The van der Waals surface area contributed by atoms with Crippen LogP contribution in [0.3, 0.4) is 0 Å². The van der Waals surface area contributed by atoms with Crippen molar-refractivity contribution in [3.05, 3.63) is 0 Å². The van der Waals surface area contributed by atoms with Gasteiger partial charge < -0.3 is 5.32 Å². The summed E-state index contributed by atoms with van der Waals surface area (Å²) in [6.07, 6.45) is 1.20. The Balaban J connectivity index is 2.65. The van der Waals surface area contributed by atoms with E-state index < -0.39 is 12.1 Å². The lowest BCUT2D eigenvalue weighted by Crippen LogP contribution is -2.42. The Morgan fingerprint density at radius 3 is 2.29 bits per heavy atom. The lowest BCUT2D eigenvalue weighted by Gasteiger charge is -2.24. The van der Waals surface area contributed by atoms with Crippen molar-refractivity contribution in [2.24, 2.45) is 5.92 Å². The van der Waals surface area contributed by atoms with Gasteiger partial charge in [0.1, 0.15) is 6.04 Å². The monoisotopic (exact) mass is 291 g/mol. The number of hydrogen-bond donors (Lipinski definition) is 1. The molecule has 0 bridgehead atoms. The minimum Gasteiger partial charge on any atom is -0.326 e. The van der Waals surface area contributed by atoms with Crippen molar-refractivity contribution in [1.29, 1.82) is 10.5 Å². The SMILES string of the molecule is CC(C)CC1NC(=O)N(CN(CCC#N)CCC#N)C1=O. The highest BCUT2D eigenvalue weighted by molar-refractivity contribution is 6.04. The van der Waals surface area contributed by atoms with E-state index in [4.69, 9.17) is 10.5 Å². The molecular weight excluding hydrogens is 270 g/mol. The Bertz CT molecular complexity index is 445. The highest BCUT2D eigenvalue weighted by Crippen LogP contribution is 2.14. The van der Waals surface area contributed by atoms with E-state index in [0.29, 0.717) is 38.3 Å². The summed E-state index contributed by atoms with van der Waals surface area (Å²) in [6, 6.07) is 3.19. The van der Waals surface area contributed by atoms with Gasteiger partial charge in [-0.1, -0.05) is 13.8 Å². The highest BCUT2D eigenvalue weighted by atomic mass is 16.2. The van der Waals surface area contributed by atoms with E-state index in [1.54, 1.807) is 4.90 Å². The second kappa shape index (κ2) is 8.23. The first kappa shape index (κ1) is 16.9. The molecule has 1 aliphatic heterocycles. The van der Waals surface area contributed by atoms with Crippen LogP contribution < -0.4 is 5.32 Å². The van der Waals surface area contributed by atoms with Gasteiger partial charge in [-0.2, -0.15) is 10.5 Å². The molecule has 0 spiro atoms. The van der Waals surface area contributed by atoms with Gasteiger partial charge in [0.2, 0.25) is 0 Å². The van der Waals surface area contributed by atoms with Crippen molar-refractivity contribution in [3.63, 3.8) is 0 Å². The number of rotatable bonds is 8. The van der Waals surface area contributed by atoms with Crippen molar-refractivity contribution < 1.29 is 9.59 Å². The predicted octanol–water partition coefficient (Wildman–Crippen LogP) is 1.04. The van der Waals surface area contributed by atoms with Crippen LogP contribution in [0.4, 0.5) is 4.79 Å². The minimum absolute atomic E-state index is 0.128. The van der Waals surface area contributed by atoms with E-state index in [-0.39, 0.29) is 12.6 Å². The predicted molar refractivity (Wildman–Crippen MR) is 75.5 cm³/mol. The summed E-state index contributed by atoms with van der Waals surface area (Å²) >= 11 is 0. The van der Waals surface area contributed by atoms with E-state index in [1.165, 1.54) is 4.90 Å². The molecule has 1 rings (SSSR count). The Morgan fingerprint density at radius 1 is 1.24 bits per heavy atom. The zero-order valence-electron chi connectivity index (χ0n) is 12.5. The molecule has 0 aromatic rings. The maximum absolute atomic E-state index is 12.2. The zero-order chi connectivity index (χ0) is 15.8. The van der Waals surface area contributed by atoms with E-state index in [0.717, 1.165) is 0 Å². The maximum atomic E-state index is 12.2. The molecule has 1 aliphatic rings. The number of urea groups is 1. The molecule has 0 aliphatic carbocycles. The summed E-state index contributed by atoms with van der Waals surface area (Å²) in [5.74, 6) is 0.0834. The van der Waals surface area contributed by atoms with E-state index in [2.05, 4.69) is 5.32 Å². The van der Waals surface area contributed by atoms with Crippen LogP contribution >= 0.6 is 0 Å². The fourth-order valence-corrected chi connectivity index (χ4v) is 2.21. The van der Waals surface area contributed by atoms with Crippen LogP contribution in [-0.4, -0.2) is 47.5 Å². The topological polar surface area (TPSA) is 100 Å². The summed E-state index contributed by atoms with van der Waals surface area (Å²) in [5, 5.41) is 20.0. The van der Waals surface area contributed by atoms with Crippen LogP contribution in [0.1, 0.15) is 33.1 Å². The minimum atomic E-state index is -0.466. The number of imide groups is 1. The maximum Gasteiger partial charge on any atom is 0.325 e. The quantitative estimate of drug-likeness (QED) is 0.673. The first-order valence-corrected chi connectivity index (χ1v) is 7.07. The van der Waals surface area contributed by atoms with Gasteiger partial charge in [-0.05, 0) is 12.3 Å². The lowest BCUT2D eigenvalue weighted by molar-refractivity contribution is -0.129. The average Bonchev–Trinajstić information content (AvgIpc) is 2.68. The fraction of sp³-hybridized carbons (Fsp3) is 0.714. The molecule has 7 nitrogen and oxygen atoms in total. The largest absolute Gasteiger partial charge is 0.326 e. The van der Waals surface area contributed by atoms with E-state index in [1.807, 2.05) is 26.0 Å². The first-order chi connectivity index (χ1) is 9.99. The number of nitrogens with zero attached hydrogens (tertiary/aromatic N) is 4. The molecule has 0 aromatic carbocycles. The summed E-state index contributed by atoms with van der Waals surface area (Å²) in [6.45, 7) is 4.99. The van der Waals surface area contributed by atoms with Crippen LogP contribution in [-0.2, 0) is 4.79 Å². The Kier molecular flexibility index (Phi) is 6.64. The number of carbonyl (C=O) groups is 2. The van der Waals surface area contributed by atoms with Crippen molar-refractivity contribution in [3.8, 4) is 12.1 Å². The van der Waals surface area contributed by atoms with Gasteiger partial charge in [0.25, 0.3) is 5.91 Å². The van der Waals surface area contributed by atoms with Crippen molar-refractivity contribution in [2.45, 2.75) is 39.2 Å². The van der Waals surface area contributed by atoms with Crippen molar-refractivity contribution >= 4 is 11.9 Å². The molecule has 0 saturated carbocycles. The van der Waals surface area contributed by atoms with E-state index >= 15 is 0 Å². The van der Waals surface area contributed by atoms with Gasteiger partial charge in [-0.25, -0.2) is 9.69 Å². The number of nitrogens with one attached hydrogen (secondary N) is 1. The summed E-state index contributed by atoms with van der Waals surface area (Å²) < 4.78 is 0. The number of carbonyl (C=O) groups excluding carboxylic acids is 2. The molecule has 1 heterocycles. The van der Waals surface area contributed by atoms with Crippen molar-refractivity contribution in [2.75, 3.05) is 19.8 Å². The third-order valence-corrected chi connectivity index (χ3v) is 3.24. The smallest absolute Gasteiger partial charge is 0.325 e. The Hall–Kier alpha value is -2.12. The average molecular weight is 291 g/mol.